The van der Waals surface area contributed by atoms with Crippen LogP contribution < -0.4 is 5.32 Å². The third-order valence-corrected chi connectivity index (χ3v) is 4.87. The first-order valence-electron chi connectivity index (χ1n) is 6.97. The van der Waals surface area contributed by atoms with Crippen molar-refractivity contribution in [3.63, 3.8) is 0 Å². The van der Waals surface area contributed by atoms with Crippen LogP contribution in [0.25, 0.3) is 10.6 Å². The van der Waals surface area contributed by atoms with Crippen LogP contribution in [0.4, 0.5) is 0 Å². The zero-order valence-electron chi connectivity index (χ0n) is 11.7. The molecule has 20 heavy (non-hydrogen) atoms. The van der Waals surface area contributed by atoms with Crippen molar-refractivity contribution in [2.45, 2.75) is 45.2 Å². The molecule has 0 saturated heterocycles. The van der Waals surface area contributed by atoms with Crippen molar-refractivity contribution >= 4 is 27.3 Å². The highest BCUT2D eigenvalue weighted by atomic mass is 79.9. The largest absolute Gasteiger partial charge is 0.310 e. The lowest BCUT2D eigenvalue weighted by molar-refractivity contribution is 0.590. The fraction of sp³-hybridized carbons (Fsp3) is 0.467. The molecule has 0 aliphatic heterocycles. The molecule has 0 atom stereocenters. The molecule has 1 N–H and O–H groups in total. The number of rotatable bonds is 5. The molecule has 106 valence electrons. The normalized spacial score (nSPS) is 15.0. The zero-order chi connectivity index (χ0) is 14.1. The number of halogens is 1. The number of aromatic nitrogens is 2. The number of nitrogens with zero attached hydrogens (tertiary/aromatic N) is 2. The molecule has 2 aromatic heterocycles. The van der Waals surface area contributed by atoms with Crippen molar-refractivity contribution < 1.29 is 0 Å². The lowest BCUT2D eigenvalue weighted by atomic mass is 10.2. The van der Waals surface area contributed by atoms with Gasteiger partial charge in [0, 0.05) is 45.8 Å². The Bertz CT molecular complexity index is 605. The van der Waals surface area contributed by atoms with E-state index in [1.165, 1.54) is 23.4 Å². The summed E-state index contributed by atoms with van der Waals surface area (Å²) in [5.41, 5.74) is 2.40. The fourth-order valence-electron chi connectivity index (χ4n) is 2.12. The van der Waals surface area contributed by atoms with Crippen LogP contribution in [0.15, 0.2) is 22.9 Å². The molecule has 0 radical (unpaired) electrons. The summed E-state index contributed by atoms with van der Waals surface area (Å²) in [6.45, 7) is 5.27. The minimum absolute atomic E-state index is 0.500. The zero-order valence-corrected chi connectivity index (χ0v) is 14.1. The van der Waals surface area contributed by atoms with Gasteiger partial charge in [0.1, 0.15) is 5.01 Å². The second kappa shape index (κ2) is 5.92. The maximum Gasteiger partial charge on any atom is 0.125 e. The molecule has 3 rings (SSSR count). The Morgan fingerprint density at radius 3 is 2.85 bits per heavy atom. The Morgan fingerprint density at radius 2 is 2.20 bits per heavy atom. The molecule has 5 heteroatoms. The van der Waals surface area contributed by atoms with Gasteiger partial charge in [-0.3, -0.25) is 4.98 Å². The summed E-state index contributed by atoms with van der Waals surface area (Å²) in [4.78, 5) is 10.5. The van der Waals surface area contributed by atoms with Crippen LogP contribution in [0.1, 0.15) is 43.2 Å². The Balaban J connectivity index is 1.90. The first-order chi connectivity index (χ1) is 9.63. The minimum atomic E-state index is 0.500. The van der Waals surface area contributed by atoms with E-state index in [0.29, 0.717) is 12.0 Å². The van der Waals surface area contributed by atoms with E-state index < -0.39 is 0 Å². The van der Waals surface area contributed by atoms with E-state index in [1.54, 1.807) is 17.5 Å². The molecule has 0 aromatic carbocycles. The smallest absolute Gasteiger partial charge is 0.125 e. The predicted molar refractivity (Wildman–Crippen MR) is 87.0 cm³/mol. The average Bonchev–Trinajstić information content (AvgIpc) is 3.16. The van der Waals surface area contributed by atoms with Crippen molar-refractivity contribution in [3.8, 4) is 10.6 Å². The van der Waals surface area contributed by atoms with E-state index in [4.69, 9.17) is 4.98 Å². The van der Waals surface area contributed by atoms with E-state index in [9.17, 15) is 0 Å². The molecule has 1 fully saturated rings. The summed E-state index contributed by atoms with van der Waals surface area (Å²) in [5.74, 6) is 0.684. The third kappa shape index (κ3) is 3.27. The SMILES string of the molecule is CC(C)NCc1sc(-c2cncc(Br)c2)nc1C1CC1. The van der Waals surface area contributed by atoms with Gasteiger partial charge in [0.25, 0.3) is 0 Å². The van der Waals surface area contributed by atoms with E-state index in [-0.39, 0.29) is 0 Å². The van der Waals surface area contributed by atoms with Gasteiger partial charge in [-0.2, -0.15) is 0 Å². The van der Waals surface area contributed by atoms with E-state index in [1.807, 2.05) is 6.20 Å². The van der Waals surface area contributed by atoms with Gasteiger partial charge in [0.05, 0.1) is 5.69 Å². The standard InChI is InChI=1S/C15H18BrN3S/c1-9(2)18-8-13-14(10-3-4-10)19-15(20-13)11-5-12(16)7-17-6-11/h5-7,9-10,18H,3-4,8H2,1-2H3. The molecule has 0 unspecified atom stereocenters. The van der Waals surface area contributed by atoms with Crippen molar-refractivity contribution in [1.82, 2.24) is 15.3 Å². The van der Waals surface area contributed by atoms with Crippen LogP contribution in [0.2, 0.25) is 0 Å². The topological polar surface area (TPSA) is 37.8 Å². The maximum absolute atomic E-state index is 4.88. The summed E-state index contributed by atoms with van der Waals surface area (Å²) in [6, 6.07) is 2.59. The summed E-state index contributed by atoms with van der Waals surface area (Å²) < 4.78 is 1.00. The third-order valence-electron chi connectivity index (χ3n) is 3.31. The molecule has 0 spiro atoms. The van der Waals surface area contributed by atoms with E-state index >= 15 is 0 Å². The van der Waals surface area contributed by atoms with Gasteiger partial charge in [0.2, 0.25) is 0 Å². The Hall–Kier alpha value is -0.780. The van der Waals surface area contributed by atoms with Crippen molar-refractivity contribution in [3.05, 3.63) is 33.5 Å². The molecule has 0 amide bonds. The second-order valence-electron chi connectivity index (χ2n) is 5.53. The molecule has 1 aliphatic carbocycles. The fourth-order valence-corrected chi connectivity index (χ4v) is 3.56. The van der Waals surface area contributed by atoms with Crippen LogP contribution in [-0.4, -0.2) is 16.0 Å². The number of nitrogens with one attached hydrogen (secondary N) is 1. The van der Waals surface area contributed by atoms with Gasteiger partial charge in [-0.05, 0) is 34.8 Å². The highest BCUT2D eigenvalue weighted by Gasteiger charge is 2.29. The van der Waals surface area contributed by atoms with Crippen LogP contribution in [0, 0.1) is 0 Å². The molecule has 0 bridgehead atoms. The van der Waals surface area contributed by atoms with E-state index in [2.05, 4.69) is 46.1 Å². The van der Waals surface area contributed by atoms with Crippen LogP contribution in [0.5, 0.6) is 0 Å². The first kappa shape index (κ1) is 14.2. The number of hydrogen-bond acceptors (Lipinski definition) is 4. The van der Waals surface area contributed by atoms with Crippen LogP contribution in [0.3, 0.4) is 0 Å². The summed E-state index contributed by atoms with van der Waals surface area (Å²) >= 11 is 5.28. The Morgan fingerprint density at radius 1 is 1.40 bits per heavy atom. The second-order valence-corrected chi connectivity index (χ2v) is 7.53. The highest BCUT2D eigenvalue weighted by Crippen LogP contribution is 2.44. The molecule has 1 aliphatic rings. The Kier molecular flexibility index (Phi) is 4.19. The lowest BCUT2D eigenvalue weighted by Crippen LogP contribution is -2.21. The minimum Gasteiger partial charge on any atom is -0.310 e. The first-order valence-corrected chi connectivity index (χ1v) is 8.58. The van der Waals surface area contributed by atoms with Gasteiger partial charge in [-0.1, -0.05) is 13.8 Å². The van der Waals surface area contributed by atoms with Crippen LogP contribution >= 0.6 is 27.3 Å². The Labute approximate surface area is 132 Å². The van der Waals surface area contributed by atoms with Gasteiger partial charge in [-0.25, -0.2) is 4.98 Å². The summed E-state index contributed by atoms with van der Waals surface area (Å²) in [7, 11) is 0. The monoisotopic (exact) mass is 351 g/mol. The quantitative estimate of drug-likeness (QED) is 0.870. The number of hydrogen-bond donors (Lipinski definition) is 1. The van der Waals surface area contributed by atoms with Gasteiger partial charge in [-0.15, -0.1) is 11.3 Å². The highest BCUT2D eigenvalue weighted by molar-refractivity contribution is 9.10. The van der Waals surface area contributed by atoms with Crippen LogP contribution in [-0.2, 0) is 6.54 Å². The van der Waals surface area contributed by atoms with E-state index in [0.717, 1.165) is 21.6 Å². The van der Waals surface area contributed by atoms with Crippen molar-refractivity contribution in [2.75, 3.05) is 0 Å². The molecule has 3 nitrogen and oxygen atoms in total. The van der Waals surface area contributed by atoms with Gasteiger partial charge >= 0.3 is 0 Å². The maximum atomic E-state index is 4.88. The van der Waals surface area contributed by atoms with Gasteiger partial charge in [0.15, 0.2) is 0 Å². The average molecular weight is 352 g/mol. The van der Waals surface area contributed by atoms with Crippen molar-refractivity contribution in [2.24, 2.45) is 0 Å². The predicted octanol–water partition coefficient (Wildman–Crippen LogP) is 4.34. The molecular weight excluding hydrogens is 334 g/mol. The molecule has 2 aromatic rings. The molecular formula is C15H18BrN3S. The van der Waals surface area contributed by atoms with Crippen molar-refractivity contribution in [1.29, 1.82) is 0 Å². The molecule has 1 saturated carbocycles. The summed E-state index contributed by atoms with van der Waals surface area (Å²) in [6.07, 6.45) is 6.27. The van der Waals surface area contributed by atoms with Gasteiger partial charge < -0.3 is 5.32 Å². The molecule has 2 heterocycles. The lowest BCUT2D eigenvalue weighted by Gasteiger charge is -2.07. The summed E-state index contributed by atoms with van der Waals surface area (Å²) in [5, 5.41) is 4.59. The number of pyridine rings is 1. The number of thiazole rings is 1.